The maximum absolute atomic E-state index is 11.5. The molecule has 0 aliphatic heterocycles. The fraction of sp³-hybridized carbons (Fsp3) is 0.312. The molecule has 0 fully saturated rings. The largest absolute Gasteiger partial charge is 0.493 e. The van der Waals surface area contributed by atoms with Crippen LogP contribution in [0.5, 0.6) is 5.75 Å². The summed E-state index contributed by atoms with van der Waals surface area (Å²) in [5, 5.41) is 18.0. The fourth-order valence-electron chi connectivity index (χ4n) is 2.00. The van der Waals surface area contributed by atoms with Gasteiger partial charge in [0.1, 0.15) is 23.0 Å². The minimum atomic E-state index is -0.790. The molecule has 2 rings (SSSR count). The van der Waals surface area contributed by atoms with Gasteiger partial charge in [-0.2, -0.15) is 5.26 Å². The zero-order chi connectivity index (χ0) is 15.9. The smallest absolute Gasteiger partial charge is 0.354 e. The third-order valence-corrected chi connectivity index (χ3v) is 3.13. The first-order valence-corrected chi connectivity index (χ1v) is 6.93. The molecular weight excluding hydrogens is 286 g/mol. The summed E-state index contributed by atoms with van der Waals surface area (Å²) < 4.78 is 10.6. The molecule has 0 atom stereocenters. The first kappa shape index (κ1) is 15.6. The Morgan fingerprint density at radius 1 is 1.27 bits per heavy atom. The van der Waals surface area contributed by atoms with Crippen molar-refractivity contribution in [3.8, 4) is 11.8 Å². The van der Waals surface area contributed by atoms with Crippen molar-refractivity contribution >= 4 is 16.9 Å². The summed E-state index contributed by atoms with van der Waals surface area (Å²) in [7, 11) is 0. The van der Waals surface area contributed by atoms with E-state index >= 15 is 0 Å². The summed E-state index contributed by atoms with van der Waals surface area (Å²) in [5.74, 6) is -0.221. The van der Waals surface area contributed by atoms with Crippen LogP contribution in [0.25, 0.3) is 11.0 Å². The van der Waals surface area contributed by atoms with Crippen LogP contribution < -0.4 is 10.4 Å². The third-order valence-electron chi connectivity index (χ3n) is 3.13. The third kappa shape index (κ3) is 4.09. The predicted molar refractivity (Wildman–Crippen MR) is 78.8 cm³/mol. The van der Waals surface area contributed by atoms with Crippen molar-refractivity contribution in [2.24, 2.45) is 0 Å². The van der Waals surface area contributed by atoms with E-state index in [1.165, 1.54) is 6.07 Å². The van der Waals surface area contributed by atoms with Gasteiger partial charge in [0.15, 0.2) is 0 Å². The van der Waals surface area contributed by atoms with Crippen LogP contribution in [0.2, 0.25) is 0 Å². The number of nitrogens with zero attached hydrogens (tertiary/aromatic N) is 1. The van der Waals surface area contributed by atoms with E-state index in [4.69, 9.17) is 19.5 Å². The summed E-state index contributed by atoms with van der Waals surface area (Å²) in [6.45, 7) is 0.464. The van der Waals surface area contributed by atoms with Gasteiger partial charge in [0.25, 0.3) is 0 Å². The fourth-order valence-corrected chi connectivity index (χ4v) is 2.00. The van der Waals surface area contributed by atoms with E-state index < -0.39 is 11.6 Å². The molecule has 1 aromatic heterocycles. The number of hydrogen-bond acceptors (Lipinski definition) is 5. The number of carbonyl (C=O) groups is 1. The van der Waals surface area contributed by atoms with E-state index in [2.05, 4.69) is 0 Å². The van der Waals surface area contributed by atoms with Crippen LogP contribution >= 0.6 is 0 Å². The maximum atomic E-state index is 11.5. The van der Waals surface area contributed by atoms with Gasteiger partial charge >= 0.3 is 11.6 Å². The molecule has 1 aromatic carbocycles. The second-order valence-corrected chi connectivity index (χ2v) is 4.81. The average Bonchev–Trinajstić information content (AvgIpc) is 2.49. The minimum absolute atomic E-state index is 0.0281. The molecule has 0 bridgehead atoms. The SMILES string of the molecule is N#Cc1cc2ccc(OCCCCCC(=O)O)cc2oc1=O. The van der Waals surface area contributed by atoms with Crippen molar-refractivity contribution in [1.29, 1.82) is 5.26 Å². The first-order valence-electron chi connectivity index (χ1n) is 6.93. The predicted octanol–water partition coefficient (Wildman–Crippen LogP) is 2.69. The van der Waals surface area contributed by atoms with Gasteiger partial charge in [0.2, 0.25) is 0 Å². The van der Waals surface area contributed by atoms with Crippen LogP contribution in [-0.4, -0.2) is 17.7 Å². The molecule has 0 aliphatic carbocycles. The molecule has 114 valence electrons. The molecule has 6 nitrogen and oxygen atoms in total. The molecule has 6 heteroatoms. The van der Waals surface area contributed by atoms with E-state index in [0.29, 0.717) is 29.7 Å². The Morgan fingerprint density at radius 2 is 2.09 bits per heavy atom. The van der Waals surface area contributed by atoms with Gasteiger partial charge in [-0.1, -0.05) is 0 Å². The summed E-state index contributed by atoms with van der Waals surface area (Å²) >= 11 is 0. The maximum Gasteiger partial charge on any atom is 0.354 e. The van der Waals surface area contributed by atoms with E-state index in [9.17, 15) is 9.59 Å². The minimum Gasteiger partial charge on any atom is -0.493 e. The molecule has 0 spiro atoms. The molecule has 1 N–H and O–H groups in total. The molecular formula is C16H15NO5. The van der Waals surface area contributed by atoms with Crippen molar-refractivity contribution < 1.29 is 19.1 Å². The molecule has 1 heterocycles. The lowest BCUT2D eigenvalue weighted by Gasteiger charge is -2.06. The van der Waals surface area contributed by atoms with Crippen molar-refractivity contribution in [1.82, 2.24) is 0 Å². The highest BCUT2D eigenvalue weighted by Crippen LogP contribution is 2.20. The second kappa shape index (κ2) is 7.27. The van der Waals surface area contributed by atoms with Gasteiger partial charge in [-0.3, -0.25) is 4.79 Å². The van der Waals surface area contributed by atoms with Gasteiger partial charge < -0.3 is 14.3 Å². The molecule has 0 aliphatic rings. The quantitative estimate of drug-likeness (QED) is 0.623. The molecule has 0 saturated carbocycles. The Hall–Kier alpha value is -2.81. The van der Waals surface area contributed by atoms with Crippen molar-refractivity contribution in [2.45, 2.75) is 25.7 Å². The Morgan fingerprint density at radius 3 is 2.82 bits per heavy atom. The zero-order valence-corrected chi connectivity index (χ0v) is 11.9. The standard InChI is InChI=1S/C16H15NO5/c17-10-12-8-11-5-6-13(9-14(11)22-16(12)20)21-7-3-1-2-4-15(18)19/h5-6,8-9H,1-4,7H2,(H,18,19). The normalized spacial score (nSPS) is 10.3. The van der Waals surface area contributed by atoms with Crippen LogP contribution in [0, 0.1) is 11.3 Å². The summed E-state index contributed by atoms with van der Waals surface area (Å²) in [5.41, 5.74) is -0.326. The summed E-state index contributed by atoms with van der Waals surface area (Å²) in [6, 6.07) is 8.33. The number of nitriles is 1. The van der Waals surface area contributed by atoms with E-state index in [1.807, 2.05) is 0 Å². The number of unbranched alkanes of at least 4 members (excludes halogenated alkanes) is 2. The van der Waals surface area contributed by atoms with E-state index in [1.54, 1.807) is 24.3 Å². The molecule has 0 radical (unpaired) electrons. The number of carboxylic acid groups (broad SMARTS) is 1. The van der Waals surface area contributed by atoms with Crippen LogP contribution in [0.15, 0.2) is 33.5 Å². The highest BCUT2D eigenvalue weighted by atomic mass is 16.5. The Balaban J connectivity index is 1.94. The summed E-state index contributed by atoms with van der Waals surface area (Å²) in [6.07, 6.45) is 2.33. The Kier molecular flexibility index (Phi) is 5.15. The first-order chi connectivity index (χ1) is 10.6. The molecule has 0 saturated heterocycles. The lowest BCUT2D eigenvalue weighted by atomic mass is 10.2. The van der Waals surface area contributed by atoms with Crippen molar-refractivity contribution in [3.05, 3.63) is 40.2 Å². The highest BCUT2D eigenvalue weighted by Gasteiger charge is 2.06. The second-order valence-electron chi connectivity index (χ2n) is 4.81. The number of rotatable bonds is 7. The Labute approximate surface area is 126 Å². The lowest BCUT2D eigenvalue weighted by molar-refractivity contribution is -0.137. The van der Waals surface area contributed by atoms with Gasteiger partial charge in [-0.15, -0.1) is 0 Å². The van der Waals surface area contributed by atoms with Gasteiger partial charge in [-0.25, -0.2) is 4.79 Å². The lowest BCUT2D eigenvalue weighted by Crippen LogP contribution is -2.03. The van der Waals surface area contributed by atoms with Crippen molar-refractivity contribution in [3.63, 3.8) is 0 Å². The highest BCUT2D eigenvalue weighted by molar-refractivity contribution is 5.79. The Bertz CT molecular complexity index is 772. The topological polar surface area (TPSA) is 101 Å². The van der Waals surface area contributed by atoms with Crippen LogP contribution in [0.1, 0.15) is 31.2 Å². The number of carboxylic acids is 1. The zero-order valence-electron chi connectivity index (χ0n) is 11.9. The van der Waals surface area contributed by atoms with Crippen LogP contribution in [0.3, 0.4) is 0 Å². The monoisotopic (exact) mass is 301 g/mol. The van der Waals surface area contributed by atoms with Crippen LogP contribution in [0.4, 0.5) is 0 Å². The number of aliphatic carboxylic acids is 1. The van der Waals surface area contributed by atoms with E-state index in [0.717, 1.165) is 12.8 Å². The molecule has 0 unspecified atom stereocenters. The van der Waals surface area contributed by atoms with Gasteiger partial charge in [0.05, 0.1) is 6.61 Å². The summed E-state index contributed by atoms with van der Waals surface area (Å²) in [4.78, 5) is 21.8. The van der Waals surface area contributed by atoms with Gasteiger partial charge in [-0.05, 0) is 37.5 Å². The number of fused-ring (bicyclic) bond motifs is 1. The average molecular weight is 301 g/mol. The number of hydrogen-bond donors (Lipinski definition) is 1. The number of ether oxygens (including phenoxy) is 1. The molecule has 22 heavy (non-hydrogen) atoms. The van der Waals surface area contributed by atoms with Gasteiger partial charge in [0, 0.05) is 17.9 Å². The van der Waals surface area contributed by atoms with Crippen LogP contribution in [-0.2, 0) is 4.79 Å². The molecule has 2 aromatic rings. The molecule has 0 amide bonds. The number of benzene rings is 1. The van der Waals surface area contributed by atoms with E-state index in [-0.39, 0.29) is 12.0 Å². The van der Waals surface area contributed by atoms with Crippen molar-refractivity contribution in [2.75, 3.05) is 6.61 Å².